The summed E-state index contributed by atoms with van der Waals surface area (Å²) in [5.41, 5.74) is 5.31. The highest BCUT2D eigenvalue weighted by atomic mass is 16.5. The minimum atomic E-state index is -0.325. The molecule has 0 bridgehead atoms. The van der Waals surface area contributed by atoms with Crippen molar-refractivity contribution in [1.82, 2.24) is 4.57 Å². The van der Waals surface area contributed by atoms with Crippen molar-refractivity contribution in [1.29, 1.82) is 0 Å². The summed E-state index contributed by atoms with van der Waals surface area (Å²) in [6.45, 7) is 6.49. The zero-order chi connectivity index (χ0) is 23.7. The number of ketones is 1. The molecule has 5 heteroatoms. The molecule has 0 radical (unpaired) electrons. The van der Waals surface area contributed by atoms with Gasteiger partial charge in [-0.3, -0.25) is 9.59 Å². The van der Waals surface area contributed by atoms with Crippen LogP contribution in [0.4, 0.5) is 0 Å². The second kappa shape index (κ2) is 8.94. The number of ether oxygens (including phenoxy) is 2. The normalized spacial score (nSPS) is 10.9. The van der Waals surface area contributed by atoms with Gasteiger partial charge in [0.15, 0.2) is 17.3 Å². The monoisotopic (exact) mass is 441 g/mol. The fourth-order valence-corrected chi connectivity index (χ4v) is 3.94. The second-order valence-electron chi connectivity index (χ2n) is 8.34. The molecule has 4 aromatic rings. The van der Waals surface area contributed by atoms with Crippen molar-refractivity contribution in [3.63, 3.8) is 0 Å². The molecule has 0 atom stereocenters. The molecule has 0 amide bonds. The third kappa shape index (κ3) is 4.27. The van der Waals surface area contributed by atoms with Crippen LogP contribution in [-0.2, 0) is 6.54 Å². The van der Waals surface area contributed by atoms with Gasteiger partial charge in [-0.05, 0) is 49.6 Å². The van der Waals surface area contributed by atoms with E-state index >= 15 is 0 Å². The Labute approximate surface area is 193 Å². The molecular formula is C28H27NO4. The van der Waals surface area contributed by atoms with Crippen LogP contribution in [0.25, 0.3) is 10.9 Å². The second-order valence-corrected chi connectivity index (χ2v) is 8.34. The van der Waals surface area contributed by atoms with E-state index in [2.05, 4.69) is 0 Å². The largest absolute Gasteiger partial charge is 0.493 e. The molecule has 5 nitrogen and oxygen atoms in total. The lowest BCUT2D eigenvalue weighted by atomic mass is 9.98. The Bertz CT molecular complexity index is 1420. The Morgan fingerprint density at radius 3 is 2.15 bits per heavy atom. The van der Waals surface area contributed by atoms with E-state index in [4.69, 9.17) is 9.47 Å². The van der Waals surface area contributed by atoms with E-state index in [1.807, 2.05) is 61.7 Å². The zero-order valence-corrected chi connectivity index (χ0v) is 19.6. The maximum atomic E-state index is 13.5. The summed E-state index contributed by atoms with van der Waals surface area (Å²) >= 11 is 0. The van der Waals surface area contributed by atoms with Gasteiger partial charge in [0.1, 0.15) is 0 Å². The fraction of sp³-hybridized carbons (Fsp3) is 0.214. The summed E-state index contributed by atoms with van der Waals surface area (Å²) in [4.78, 5) is 26.9. The molecule has 1 aromatic heterocycles. The number of rotatable bonds is 6. The molecule has 4 rings (SSSR count). The van der Waals surface area contributed by atoms with Crippen LogP contribution >= 0.6 is 0 Å². The van der Waals surface area contributed by atoms with E-state index in [1.165, 1.54) is 12.7 Å². The molecule has 0 aliphatic heterocycles. The van der Waals surface area contributed by atoms with E-state index < -0.39 is 0 Å². The number of benzene rings is 3. The number of aryl methyl sites for hydroxylation is 3. The van der Waals surface area contributed by atoms with Crippen LogP contribution in [0.2, 0.25) is 0 Å². The Hall–Kier alpha value is -3.86. The predicted molar refractivity (Wildman–Crippen MR) is 131 cm³/mol. The number of pyridine rings is 1. The van der Waals surface area contributed by atoms with Gasteiger partial charge in [0, 0.05) is 24.4 Å². The lowest BCUT2D eigenvalue weighted by Gasteiger charge is -2.16. The van der Waals surface area contributed by atoms with Crippen molar-refractivity contribution in [3.05, 3.63) is 104 Å². The highest BCUT2D eigenvalue weighted by Gasteiger charge is 2.20. The molecule has 0 unspecified atom stereocenters. The zero-order valence-electron chi connectivity index (χ0n) is 19.6. The van der Waals surface area contributed by atoms with Crippen LogP contribution < -0.4 is 14.9 Å². The summed E-state index contributed by atoms with van der Waals surface area (Å²) < 4.78 is 12.8. The van der Waals surface area contributed by atoms with E-state index in [0.717, 1.165) is 16.7 Å². The summed E-state index contributed by atoms with van der Waals surface area (Å²) in [6, 6.07) is 17.1. The first kappa shape index (κ1) is 22.3. The predicted octanol–water partition coefficient (Wildman–Crippen LogP) is 5.22. The molecule has 0 aliphatic carbocycles. The van der Waals surface area contributed by atoms with E-state index in [9.17, 15) is 9.59 Å². The third-order valence-electron chi connectivity index (χ3n) is 6.07. The summed E-state index contributed by atoms with van der Waals surface area (Å²) in [6.07, 6.45) is 1.66. The number of carbonyl (C=O) groups is 1. The molecule has 168 valence electrons. The van der Waals surface area contributed by atoms with E-state index in [-0.39, 0.29) is 16.8 Å². The Balaban J connectivity index is 1.95. The van der Waals surface area contributed by atoms with Crippen LogP contribution in [0.1, 0.15) is 38.2 Å². The van der Waals surface area contributed by atoms with Crippen molar-refractivity contribution in [2.45, 2.75) is 27.3 Å². The number of fused-ring (bicyclic) bond motifs is 1. The Morgan fingerprint density at radius 1 is 0.848 bits per heavy atom. The molecule has 3 aromatic carbocycles. The van der Waals surface area contributed by atoms with Crippen molar-refractivity contribution in [2.75, 3.05) is 14.2 Å². The molecule has 0 N–H and O–H groups in total. The standard InChI is InChI=1S/C28H27NO4/c1-17-6-9-20(10-7-17)15-29-16-23(27(30)21-11-8-18(2)19(3)12-21)28(31)22-13-25(32-4)26(33-5)14-24(22)29/h6-14,16H,15H2,1-5H3. The van der Waals surface area contributed by atoms with E-state index in [0.29, 0.717) is 34.5 Å². The van der Waals surface area contributed by atoms with Gasteiger partial charge in [0.2, 0.25) is 5.43 Å². The molecule has 0 aliphatic rings. The van der Waals surface area contributed by atoms with Crippen LogP contribution in [0.3, 0.4) is 0 Å². The van der Waals surface area contributed by atoms with Crippen LogP contribution in [0.15, 0.2) is 65.6 Å². The average molecular weight is 442 g/mol. The molecule has 0 saturated carbocycles. The average Bonchev–Trinajstić information content (AvgIpc) is 2.82. The molecule has 0 spiro atoms. The minimum absolute atomic E-state index is 0.130. The molecule has 1 heterocycles. The smallest absolute Gasteiger partial charge is 0.200 e. The molecule has 33 heavy (non-hydrogen) atoms. The summed E-state index contributed by atoms with van der Waals surface area (Å²) in [7, 11) is 3.09. The van der Waals surface area contributed by atoms with Crippen molar-refractivity contribution in [3.8, 4) is 11.5 Å². The van der Waals surface area contributed by atoms with Crippen molar-refractivity contribution in [2.24, 2.45) is 0 Å². The number of hydrogen-bond acceptors (Lipinski definition) is 4. The maximum Gasteiger partial charge on any atom is 0.200 e. The highest BCUT2D eigenvalue weighted by molar-refractivity contribution is 6.10. The fourth-order valence-electron chi connectivity index (χ4n) is 3.94. The van der Waals surface area contributed by atoms with Gasteiger partial charge in [-0.25, -0.2) is 0 Å². The Morgan fingerprint density at radius 2 is 1.52 bits per heavy atom. The van der Waals surface area contributed by atoms with Gasteiger partial charge in [0.05, 0.1) is 30.7 Å². The first-order chi connectivity index (χ1) is 15.8. The summed E-state index contributed by atoms with van der Waals surface area (Å²) in [5.74, 6) is 0.674. The van der Waals surface area contributed by atoms with Gasteiger partial charge in [-0.15, -0.1) is 0 Å². The lowest BCUT2D eigenvalue weighted by Crippen LogP contribution is -2.20. The number of aromatic nitrogens is 1. The van der Waals surface area contributed by atoms with Gasteiger partial charge in [-0.1, -0.05) is 42.0 Å². The van der Waals surface area contributed by atoms with Crippen LogP contribution in [0.5, 0.6) is 11.5 Å². The Kier molecular flexibility index (Phi) is 6.05. The van der Waals surface area contributed by atoms with Crippen LogP contribution in [0, 0.1) is 20.8 Å². The lowest BCUT2D eigenvalue weighted by molar-refractivity contribution is 0.103. The van der Waals surface area contributed by atoms with Gasteiger partial charge in [-0.2, -0.15) is 0 Å². The van der Waals surface area contributed by atoms with Crippen molar-refractivity contribution < 1.29 is 14.3 Å². The quantitative estimate of drug-likeness (QED) is 0.385. The summed E-state index contributed by atoms with van der Waals surface area (Å²) in [5, 5.41) is 0.412. The highest BCUT2D eigenvalue weighted by Crippen LogP contribution is 2.31. The number of carbonyl (C=O) groups excluding carboxylic acids is 1. The number of methoxy groups -OCH3 is 2. The maximum absolute atomic E-state index is 13.5. The molecule has 0 fully saturated rings. The van der Waals surface area contributed by atoms with Gasteiger partial charge in [0.25, 0.3) is 0 Å². The first-order valence-electron chi connectivity index (χ1n) is 10.8. The molecule has 0 saturated heterocycles. The molecular weight excluding hydrogens is 414 g/mol. The SMILES string of the molecule is COc1cc2c(=O)c(C(=O)c3ccc(C)c(C)c3)cn(Cc3ccc(C)cc3)c2cc1OC. The van der Waals surface area contributed by atoms with Gasteiger partial charge < -0.3 is 14.0 Å². The van der Waals surface area contributed by atoms with Crippen LogP contribution in [-0.4, -0.2) is 24.6 Å². The minimum Gasteiger partial charge on any atom is -0.493 e. The van der Waals surface area contributed by atoms with Gasteiger partial charge >= 0.3 is 0 Å². The third-order valence-corrected chi connectivity index (χ3v) is 6.07. The van der Waals surface area contributed by atoms with Crippen molar-refractivity contribution >= 4 is 16.7 Å². The first-order valence-corrected chi connectivity index (χ1v) is 10.8. The van der Waals surface area contributed by atoms with E-state index in [1.54, 1.807) is 31.5 Å². The number of hydrogen-bond donors (Lipinski definition) is 0. The number of nitrogens with zero attached hydrogens (tertiary/aromatic N) is 1. The topological polar surface area (TPSA) is 57.5 Å².